The van der Waals surface area contributed by atoms with Gasteiger partial charge in [0.2, 0.25) is 0 Å². The highest BCUT2D eigenvalue weighted by Crippen LogP contribution is 2.16. The largest absolute Gasteiger partial charge is 0.462 e. The van der Waals surface area contributed by atoms with Gasteiger partial charge in [0.1, 0.15) is 13.2 Å². The van der Waals surface area contributed by atoms with Gasteiger partial charge in [-0.15, -0.1) is 0 Å². The fraction of sp³-hybridized carbons (Fsp3) is 0.712. The van der Waals surface area contributed by atoms with Crippen LogP contribution in [0.25, 0.3) is 0 Å². The Kier molecular flexibility index (Phi) is 63.3. The molecule has 0 aromatic rings. The minimum atomic E-state index is -0.827. The van der Waals surface area contributed by atoms with E-state index >= 15 is 0 Å². The molecule has 0 saturated heterocycles. The fourth-order valence-corrected chi connectivity index (χ4v) is 9.26. The normalized spacial score (nSPS) is 12.8. The van der Waals surface area contributed by atoms with Crippen LogP contribution in [0.5, 0.6) is 0 Å². The standard InChI is InChI=1S/C73H124O6/c1-4-7-10-13-16-19-22-25-28-30-32-33-34-35-36-37-38-39-41-42-45-48-51-54-57-60-63-66-72(75)78-69-70(68-77-71(74)65-62-59-56-53-50-47-44-27-24-21-18-15-12-9-6-3)79-73(76)67-64-61-58-55-52-49-46-43-40-31-29-26-23-20-17-14-11-8-5-2/h8,11,17-18,20-21,26-27,29-30,32,40,43-44,49,52,58,61,70H,4-7,9-10,12-16,19,22-25,28,31,33-39,41-42,45-48,50-51,53-57,59-60,62-69H2,1-3H3/b11-8-,20-17-,21-18-,29-26-,32-30-,43-40-,44-27-,52-49-,61-58-. The summed E-state index contributed by atoms with van der Waals surface area (Å²) in [6.07, 6.45) is 91.2. The Hall–Kier alpha value is -3.93. The van der Waals surface area contributed by atoms with E-state index in [0.29, 0.717) is 19.3 Å². The molecule has 0 saturated carbocycles. The number of ether oxygens (including phenoxy) is 3. The maximum Gasteiger partial charge on any atom is 0.306 e. The Bertz CT molecular complexity index is 1590. The number of esters is 3. The molecular formula is C73H124O6. The van der Waals surface area contributed by atoms with Crippen molar-refractivity contribution in [2.45, 2.75) is 322 Å². The first-order chi connectivity index (χ1) is 39.0. The van der Waals surface area contributed by atoms with Crippen LogP contribution in [0.3, 0.4) is 0 Å². The maximum atomic E-state index is 12.9. The molecular weight excluding hydrogens is 973 g/mol. The van der Waals surface area contributed by atoms with Crippen LogP contribution in [0.4, 0.5) is 0 Å². The zero-order valence-corrected chi connectivity index (χ0v) is 51.9. The minimum Gasteiger partial charge on any atom is -0.462 e. The topological polar surface area (TPSA) is 78.9 Å². The molecule has 0 aliphatic carbocycles. The molecule has 1 atom stereocenters. The van der Waals surface area contributed by atoms with E-state index in [0.717, 1.165) is 103 Å². The Balaban J connectivity index is 4.38. The molecule has 0 aromatic carbocycles. The molecule has 0 fully saturated rings. The molecule has 6 nitrogen and oxygen atoms in total. The van der Waals surface area contributed by atoms with Crippen molar-refractivity contribution in [1.29, 1.82) is 0 Å². The molecule has 0 aromatic heterocycles. The van der Waals surface area contributed by atoms with Crippen molar-refractivity contribution >= 4 is 17.9 Å². The summed E-state index contributed by atoms with van der Waals surface area (Å²) in [5.41, 5.74) is 0. The van der Waals surface area contributed by atoms with Gasteiger partial charge in [-0.05, 0) is 116 Å². The fourth-order valence-electron chi connectivity index (χ4n) is 9.26. The molecule has 79 heavy (non-hydrogen) atoms. The summed E-state index contributed by atoms with van der Waals surface area (Å²) in [6, 6.07) is 0. The van der Waals surface area contributed by atoms with Crippen LogP contribution < -0.4 is 0 Å². The van der Waals surface area contributed by atoms with E-state index in [1.54, 1.807) is 0 Å². The highest BCUT2D eigenvalue weighted by Gasteiger charge is 2.19. The van der Waals surface area contributed by atoms with E-state index in [1.807, 2.05) is 6.08 Å². The SMILES string of the molecule is CC/C=C\C/C=C\C/C=C\C/C=C\C/C=C\C/C=C\CCC(=O)OC(COC(=O)CCCCCCC/C=C\C/C=C\CCCCC)COC(=O)CCCCCCCCCCCCCCCCC/C=C\CCCCCCCCCC. The first-order valence-corrected chi connectivity index (χ1v) is 33.4. The Labute approximate surface area is 489 Å². The highest BCUT2D eigenvalue weighted by atomic mass is 16.6. The first-order valence-electron chi connectivity index (χ1n) is 33.4. The van der Waals surface area contributed by atoms with Crippen molar-refractivity contribution in [3.63, 3.8) is 0 Å². The third-order valence-electron chi connectivity index (χ3n) is 14.2. The van der Waals surface area contributed by atoms with E-state index in [-0.39, 0.29) is 31.6 Å². The highest BCUT2D eigenvalue weighted by molar-refractivity contribution is 5.71. The monoisotopic (exact) mass is 1100 g/mol. The summed E-state index contributed by atoms with van der Waals surface area (Å²) in [5, 5.41) is 0. The number of rotatable bonds is 60. The third-order valence-corrected chi connectivity index (χ3v) is 14.2. The van der Waals surface area contributed by atoms with Crippen molar-refractivity contribution in [2.75, 3.05) is 13.2 Å². The van der Waals surface area contributed by atoms with Crippen molar-refractivity contribution in [2.24, 2.45) is 0 Å². The quantitative estimate of drug-likeness (QED) is 0.0261. The molecule has 0 radical (unpaired) electrons. The lowest BCUT2D eigenvalue weighted by Crippen LogP contribution is -2.30. The molecule has 6 heteroatoms. The van der Waals surface area contributed by atoms with Gasteiger partial charge < -0.3 is 14.2 Å². The van der Waals surface area contributed by atoms with Gasteiger partial charge in [0.25, 0.3) is 0 Å². The average Bonchev–Trinajstić information content (AvgIpc) is 3.45. The lowest BCUT2D eigenvalue weighted by molar-refractivity contribution is -0.166. The van der Waals surface area contributed by atoms with Crippen LogP contribution in [0.2, 0.25) is 0 Å². The Morgan fingerprint density at radius 3 is 0.861 bits per heavy atom. The van der Waals surface area contributed by atoms with Crippen molar-refractivity contribution < 1.29 is 28.6 Å². The zero-order valence-electron chi connectivity index (χ0n) is 51.9. The van der Waals surface area contributed by atoms with Gasteiger partial charge in [0, 0.05) is 19.3 Å². The predicted octanol–water partition coefficient (Wildman–Crippen LogP) is 23.0. The zero-order chi connectivity index (χ0) is 57.1. The van der Waals surface area contributed by atoms with Crippen LogP contribution in [-0.2, 0) is 28.6 Å². The Morgan fingerprint density at radius 1 is 0.266 bits per heavy atom. The number of unbranched alkanes of at least 4 members (excludes halogenated alkanes) is 31. The molecule has 0 aliphatic rings. The van der Waals surface area contributed by atoms with Crippen molar-refractivity contribution in [1.82, 2.24) is 0 Å². The third kappa shape index (κ3) is 64.8. The first kappa shape index (κ1) is 75.1. The molecule has 1 unspecified atom stereocenters. The van der Waals surface area contributed by atoms with Gasteiger partial charge in [-0.3, -0.25) is 14.4 Å². The number of hydrogen-bond acceptors (Lipinski definition) is 6. The average molecular weight is 1100 g/mol. The molecule has 0 N–H and O–H groups in total. The summed E-state index contributed by atoms with van der Waals surface area (Å²) in [5.74, 6) is -1.00. The van der Waals surface area contributed by atoms with Gasteiger partial charge in [-0.2, -0.15) is 0 Å². The Morgan fingerprint density at radius 2 is 0.519 bits per heavy atom. The molecule has 0 amide bonds. The van der Waals surface area contributed by atoms with E-state index in [4.69, 9.17) is 14.2 Å². The van der Waals surface area contributed by atoms with E-state index in [2.05, 4.69) is 124 Å². The molecule has 0 spiro atoms. The van der Waals surface area contributed by atoms with Crippen LogP contribution in [0, 0.1) is 0 Å². The molecule has 0 aliphatic heterocycles. The smallest absolute Gasteiger partial charge is 0.306 e. The van der Waals surface area contributed by atoms with Gasteiger partial charge in [0.05, 0.1) is 0 Å². The second kappa shape index (κ2) is 66.6. The number of hydrogen-bond donors (Lipinski definition) is 0. The molecule has 0 rings (SSSR count). The van der Waals surface area contributed by atoms with Gasteiger partial charge in [-0.25, -0.2) is 0 Å². The summed E-state index contributed by atoms with van der Waals surface area (Å²) in [6.45, 7) is 6.45. The summed E-state index contributed by atoms with van der Waals surface area (Å²) < 4.78 is 16.9. The molecule has 452 valence electrons. The summed E-state index contributed by atoms with van der Waals surface area (Å²) in [7, 11) is 0. The molecule has 0 heterocycles. The van der Waals surface area contributed by atoms with E-state index in [1.165, 1.54) is 167 Å². The number of allylic oxidation sites excluding steroid dienone is 18. The van der Waals surface area contributed by atoms with Crippen LogP contribution >= 0.6 is 0 Å². The lowest BCUT2D eigenvalue weighted by atomic mass is 10.0. The van der Waals surface area contributed by atoms with Crippen molar-refractivity contribution in [3.05, 3.63) is 109 Å². The second-order valence-corrected chi connectivity index (χ2v) is 22.0. The van der Waals surface area contributed by atoms with E-state index < -0.39 is 12.1 Å². The van der Waals surface area contributed by atoms with Gasteiger partial charge >= 0.3 is 17.9 Å². The summed E-state index contributed by atoms with van der Waals surface area (Å²) >= 11 is 0. The predicted molar refractivity (Wildman–Crippen MR) is 343 cm³/mol. The lowest BCUT2D eigenvalue weighted by Gasteiger charge is -2.18. The summed E-state index contributed by atoms with van der Waals surface area (Å²) in [4.78, 5) is 38.3. The van der Waals surface area contributed by atoms with Crippen LogP contribution in [0.15, 0.2) is 109 Å². The second-order valence-electron chi connectivity index (χ2n) is 22.0. The van der Waals surface area contributed by atoms with E-state index in [9.17, 15) is 14.4 Å². The molecule has 0 bridgehead atoms. The van der Waals surface area contributed by atoms with Gasteiger partial charge in [0.15, 0.2) is 6.10 Å². The van der Waals surface area contributed by atoms with Crippen LogP contribution in [0.1, 0.15) is 316 Å². The number of carbonyl (C=O) groups is 3. The van der Waals surface area contributed by atoms with Gasteiger partial charge in [-0.1, -0.05) is 291 Å². The minimum absolute atomic E-state index is 0.112. The number of carbonyl (C=O) groups excluding carboxylic acids is 3. The van der Waals surface area contributed by atoms with Crippen molar-refractivity contribution in [3.8, 4) is 0 Å². The maximum absolute atomic E-state index is 12.9. The van der Waals surface area contributed by atoms with Crippen LogP contribution in [-0.4, -0.2) is 37.2 Å².